The van der Waals surface area contributed by atoms with Crippen LogP contribution in [0.15, 0.2) is 53.5 Å². The first-order chi connectivity index (χ1) is 12.2. The number of aryl methyl sites for hydroxylation is 1. The van der Waals surface area contributed by atoms with Crippen LogP contribution in [0.4, 0.5) is 13.2 Å². The molecule has 4 nitrogen and oxygen atoms in total. The Bertz CT molecular complexity index is 978. The number of alkyl halides is 3. The Kier molecular flexibility index (Phi) is 4.82. The third-order valence-electron chi connectivity index (χ3n) is 4.13. The summed E-state index contributed by atoms with van der Waals surface area (Å²) >= 11 is 0. The molecule has 0 bridgehead atoms. The molecule has 7 heteroatoms. The number of fused-ring (bicyclic) bond motifs is 1. The van der Waals surface area contributed by atoms with E-state index in [1.807, 2.05) is 20.0 Å². The zero-order valence-corrected chi connectivity index (χ0v) is 14.5. The van der Waals surface area contributed by atoms with E-state index in [9.17, 15) is 18.0 Å². The Morgan fingerprint density at radius 2 is 1.77 bits per heavy atom. The van der Waals surface area contributed by atoms with Gasteiger partial charge in [0.25, 0.3) is 5.56 Å². The van der Waals surface area contributed by atoms with Crippen molar-refractivity contribution in [2.75, 3.05) is 7.05 Å². The molecule has 0 aliphatic rings. The number of hydrogen-bond acceptors (Lipinski definition) is 2. The first kappa shape index (κ1) is 18.1. The predicted octanol–water partition coefficient (Wildman–Crippen LogP) is 2.24. The second-order valence-corrected chi connectivity index (χ2v) is 6.53. The molecular formula is C19H19F3N3O+. The summed E-state index contributed by atoms with van der Waals surface area (Å²) in [7, 11) is 1.91. The third-order valence-corrected chi connectivity index (χ3v) is 4.13. The quantitative estimate of drug-likeness (QED) is 0.773. The molecule has 0 saturated carbocycles. The Morgan fingerprint density at radius 3 is 2.42 bits per heavy atom. The number of hydrogen-bond donors (Lipinski definition) is 1. The summed E-state index contributed by atoms with van der Waals surface area (Å²) in [5.41, 5.74) is 2.21. The van der Waals surface area contributed by atoms with E-state index in [0.717, 1.165) is 28.2 Å². The molecule has 1 unspecified atom stereocenters. The van der Waals surface area contributed by atoms with Gasteiger partial charge in [-0.2, -0.15) is 13.2 Å². The van der Waals surface area contributed by atoms with E-state index in [0.29, 0.717) is 24.4 Å². The zero-order chi connectivity index (χ0) is 18.9. The van der Waals surface area contributed by atoms with Gasteiger partial charge in [0.1, 0.15) is 24.4 Å². The highest BCUT2D eigenvalue weighted by molar-refractivity contribution is 5.39. The van der Waals surface area contributed by atoms with Gasteiger partial charge in [0.2, 0.25) is 0 Å². The number of halogens is 3. The summed E-state index contributed by atoms with van der Waals surface area (Å²) in [5, 5.41) is 0. The van der Waals surface area contributed by atoms with E-state index in [1.165, 1.54) is 22.6 Å². The molecule has 2 heterocycles. The minimum atomic E-state index is -4.33. The molecule has 0 amide bonds. The molecule has 0 aliphatic carbocycles. The Morgan fingerprint density at radius 1 is 1.08 bits per heavy atom. The second-order valence-electron chi connectivity index (χ2n) is 6.53. The third kappa shape index (κ3) is 4.11. The maximum atomic E-state index is 12.6. The van der Waals surface area contributed by atoms with Crippen LogP contribution in [-0.4, -0.2) is 16.4 Å². The first-order valence-electron chi connectivity index (χ1n) is 8.19. The lowest BCUT2D eigenvalue weighted by Gasteiger charge is -2.15. The maximum absolute atomic E-state index is 12.6. The molecule has 0 radical (unpaired) electrons. The van der Waals surface area contributed by atoms with E-state index >= 15 is 0 Å². The Labute approximate surface area is 148 Å². The van der Waals surface area contributed by atoms with Gasteiger partial charge < -0.3 is 4.90 Å². The van der Waals surface area contributed by atoms with Gasteiger partial charge in [0, 0.05) is 17.8 Å². The van der Waals surface area contributed by atoms with Crippen LogP contribution in [0.3, 0.4) is 0 Å². The molecule has 0 saturated heterocycles. The Balaban J connectivity index is 1.74. The summed E-state index contributed by atoms with van der Waals surface area (Å²) in [6.07, 6.45) is -2.58. The van der Waals surface area contributed by atoms with Gasteiger partial charge in [-0.25, -0.2) is 4.98 Å². The van der Waals surface area contributed by atoms with Crippen molar-refractivity contribution in [3.05, 3.63) is 81.4 Å². The average Bonchev–Trinajstić information content (AvgIpc) is 2.55. The van der Waals surface area contributed by atoms with Gasteiger partial charge >= 0.3 is 6.18 Å². The summed E-state index contributed by atoms with van der Waals surface area (Å²) in [4.78, 5) is 17.8. The van der Waals surface area contributed by atoms with Gasteiger partial charge in [-0.05, 0) is 30.7 Å². The molecule has 2 aromatic heterocycles. The van der Waals surface area contributed by atoms with Gasteiger partial charge in [0.05, 0.1) is 12.6 Å². The highest BCUT2D eigenvalue weighted by atomic mass is 19.4. The molecule has 1 aromatic carbocycles. The minimum absolute atomic E-state index is 0.143. The number of nitrogens with one attached hydrogen (secondary N) is 1. The van der Waals surface area contributed by atoms with Crippen molar-refractivity contribution in [1.82, 2.24) is 9.38 Å². The summed E-state index contributed by atoms with van der Waals surface area (Å²) < 4.78 is 39.3. The average molecular weight is 362 g/mol. The van der Waals surface area contributed by atoms with Gasteiger partial charge in [-0.3, -0.25) is 9.20 Å². The van der Waals surface area contributed by atoms with Crippen molar-refractivity contribution in [1.29, 1.82) is 0 Å². The standard InChI is InChI=1S/C19H18F3N3O/c1-13-3-8-17-23-16(9-18(26)25(17)10-13)12-24(2)11-14-4-6-15(7-5-14)19(20,21)22/h3-10H,11-12H2,1-2H3/p+1. The number of quaternary nitrogens is 1. The monoisotopic (exact) mass is 362 g/mol. The van der Waals surface area contributed by atoms with Crippen molar-refractivity contribution in [2.45, 2.75) is 26.2 Å². The highest BCUT2D eigenvalue weighted by Crippen LogP contribution is 2.28. The largest absolute Gasteiger partial charge is 0.416 e. The van der Waals surface area contributed by atoms with Crippen molar-refractivity contribution >= 4 is 5.65 Å². The zero-order valence-electron chi connectivity index (χ0n) is 14.5. The number of benzene rings is 1. The number of aromatic nitrogens is 2. The molecular weight excluding hydrogens is 343 g/mol. The topological polar surface area (TPSA) is 38.8 Å². The van der Waals surface area contributed by atoms with Gasteiger partial charge in [-0.1, -0.05) is 18.2 Å². The lowest BCUT2D eigenvalue weighted by atomic mass is 10.1. The van der Waals surface area contributed by atoms with E-state index in [2.05, 4.69) is 4.98 Å². The molecule has 3 aromatic rings. The Hall–Kier alpha value is -2.67. The van der Waals surface area contributed by atoms with Crippen molar-refractivity contribution in [2.24, 2.45) is 0 Å². The van der Waals surface area contributed by atoms with Crippen LogP contribution in [0.2, 0.25) is 0 Å². The van der Waals surface area contributed by atoms with E-state index in [-0.39, 0.29) is 5.56 Å². The normalized spacial score (nSPS) is 13.1. The lowest BCUT2D eigenvalue weighted by Crippen LogP contribution is -3.06. The number of nitrogens with zero attached hydrogens (tertiary/aromatic N) is 2. The molecule has 3 rings (SSSR count). The van der Waals surface area contributed by atoms with Crippen LogP contribution in [0.5, 0.6) is 0 Å². The fourth-order valence-electron chi connectivity index (χ4n) is 2.88. The van der Waals surface area contributed by atoms with Crippen molar-refractivity contribution in [3.8, 4) is 0 Å². The van der Waals surface area contributed by atoms with Gasteiger partial charge in [-0.15, -0.1) is 0 Å². The molecule has 0 spiro atoms. The molecule has 0 fully saturated rings. The second kappa shape index (κ2) is 6.92. The molecule has 0 aliphatic heterocycles. The number of pyridine rings is 1. The molecule has 26 heavy (non-hydrogen) atoms. The van der Waals surface area contributed by atoms with Crippen LogP contribution in [0, 0.1) is 6.92 Å². The van der Waals surface area contributed by atoms with Crippen LogP contribution in [-0.2, 0) is 19.3 Å². The fraction of sp³-hybridized carbons (Fsp3) is 0.263. The molecule has 1 N–H and O–H groups in total. The summed E-state index contributed by atoms with van der Waals surface area (Å²) in [5.74, 6) is 0. The van der Waals surface area contributed by atoms with Gasteiger partial charge in [0.15, 0.2) is 0 Å². The highest BCUT2D eigenvalue weighted by Gasteiger charge is 2.30. The van der Waals surface area contributed by atoms with E-state index in [4.69, 9.17) is 0 Å². The van der Waals surface area contributed by atoms with E-state index < -0.39 is 11.7 Å². The smallest absolute Gasteiger partial charge is 0.329 e. The van der Waals surface area contributed by atoms with Crippen molar-refractivity contribution < 1.29 is 18.1 Å². The predicted molar refractivity (Wildman–Crippen MR) is 91.9 cm³/mol. The number of rotatable bonds is 4. The summed E-state index contributed by atoms with van der Waals surface area (Å²) in [6, 6.07) is 10.3. The van der Waals surface area contributed by atoms with Crippen molar-refractivity contribution in [3.63, 3.8) is 0 Å². The van der Waals surface area contributed by atoms with Crippen LogP contribution >= 0.6 is 0 Å². The van der Waals surface area contributed by atoms with Crippen LogP contribution in [0.1, 0.15) is 22.4 Å². The maximum Gasteiger partial charge on any atom is 0.416 e. The minimum Gasteiger partial charge on any atom is -0.329 e. The fourth-order valence-corrected chi connectivity index (χ4v) is 2.88. The molecule has 136 valence electrons. The lowest BCUT2D eigenvalue weighted by molar-refractivity contribution is -0.908. The van der Waals surface area contributed by atoms with E-state index in [1.54, 1.807) is 12.3 Å². The van der Waals surface area contributed by atoms with Crippen LogP contribution < -0.4 is 10.5 Å². The molecule has 1 atom stereocenters. The summed E-state index contributed by atoms with van der Waals surface area (Å²) in [6.45, 7) is 2.94. The SMILES string of the molecule is Cc1ccc2nc(C[NH+](C)Cc3ccc(C(F)(F)F)cc3)cc(=O)n2c1. The first-order valence-corrected chi connectivity index (χ1v) is 8.19. The van der Waals surface area contributed by atoms with Crippen LogP contribution in [0.25, 0.3) is 5.65 Å².